The fourth-order valence-electron chi connectivity index (χ4n) is 1.18. The molecular formula is C15H22N2. The Kier molecular flexibility index (Phi) is 7.61. The van der Waals surface area contributed by atoms with Crippen molar-refractivity contribution in [1.82, 2.24) is 10.2 Å². The van der Waals surface area contributed by atoms with Gasteiger partial charge in [0.25, 0.3) is 0 Å². The number of rotatable bonds is 4. The van der Waals surface area contributed by atoms with Gasteiger partial charge in [-0.15, -0.1) is 0 Å². The summed E-state index contributed by atoms with van der Waals surface area (Å²) in [4.78, 5) is 0. The molecule has 0 saturated carbocycles. The molecule has 0 fully saturated rings. The van der Waals surface area contributed by atoms with E-state index in [1.807, 2.05) is 32.1 Å². The van der Waals surface area contributed by atoms with Crippen LogP contribution in [0.4, 0.5) is 0 Å². The standard InChI is InChI=1S/C13H16N2.C2H6/c1-5-7-8-11-9-13(10(3)4)15-14-12(11)6-2;1-2/h5-10H,1-2H2,3-4H3;1-2H3/b8-7-;. The highest BCUT2D eigenvalue weighted by Gasteiger charge is 2.04. The lowest BCUT2D eigenvalue weighted by Crippen LogP contribution is -1.99. The van der Waals surface area contributed by atoms with Gasteiger partial charge in [-0.1, -0.05) is 59.1 Å². The normalized spacial score (nSPS) is 9.94. The number of hydrogen-bond donors (Lipinski definition) is 0. The molecule has 1 aromatic rings. The van der Waals surface area contributed by atoms with Crippen molar-refractivity contribution in [3.8, 4) is 0 Å². The molecule has 0 unspecified atom stereocenters. The smallest absolute Gasteiger partial charge is 0.0923 e. The highest BCUT2D eigenvalue weighted by Crippen LogP contribution is 2.16. The minimum Gasteiger partial charge on any atom is -0.155 e. The zero-order chi connectivity index (χ0) is 13.3. The first kappa shape index (κ1) is 15.3. The minimum atomic E-state index is 0.382. The Labute approximate surface area is 105 Å². The Bertz CT molecular complexity index is 390. The zero-order valence-corrected chi connectivity index (χ0v) is 11.3. The van der Waals surface area contributed by atoms with E-state index in [1.165, 1.54) is 0 Å². The van der Waals surface area contributed by atoms with Crippen LogP contribution in [0.3, 0.4) is 0 Å². The van der Waals surface area contributed by atoms with Crippen LogP contribution in [0.25, 0.3) is 12.2 Å². The Balaban J connectivity index is 0.00000121. The van der Waals surface area contributed by atoms with Crippen molar-refractivity contribution in [2.24, 2.45) is 0 Å². The molecule has 2 heteroatoms. The van der Waals surface area contributed by atoms with Crippen LogP contribution < -0.4 is 0 Å². The third kappa shape index (κ3) is 4.77. The van der Waals surface area contributed by atoms with Crippen molar-refractivity contribution in [3.05, 3.63) is 48.3 Å². The molecule has 1 aromatic heterocycles. The Morgan fingerprint density at radius 3 is 2.29 bits per heavy atom. The molecular weight excluding hydrogens is 208 g/mol. The van der Waals surface area contributed by atoms with E-state index in [2.05, 4.69) is 37.2 Å². The molecule has 0 radical (unpaired) electrons. The number of nitrogens with zero attached hydrogens (tertiary/aromatic N) is 2. The number of allylic oxidation sites excluding steroid dienone is 2. The van der Waals surface area contributed by atoms with Gasteiger partial charge in [0.15, 0.2) is 0 Å². The number of aromatic nitrogens is 2. The maximum Gasteiger partial charge on any atom is 0.0923 e. The predicted molar refractivity (Wildman–Crippen MR) is 76.8 cm³/mol. The number of hydrogen-bond acceptors (Lipinski definition) is 2. The second-order valence-electron chi connectivity index (χ2n) is 3.56. The van der Waals surface area contributed by atoms with Crippen molar-refractivity contribution in [3.63, 3.8) is 0 Å². The highest BCUT2D eigenvalue weighted by atomic mass is 15.1. The van der Waals surface area contributed by atoms with Crippen molar-refractivity contribution in [2.45, 2.75) is 33.6 Å². The summed E-state index contributed by atoms with van der Waals surface area (Å²) in [5, 5.41) is 8.25. The molecule has 0 bridgehead atoms. The second-order valence-corrected chi connectivity index (χ2v) is 3.56. The summed E-state index contributed by atoms with van der Waals surface area (Å²) < 4.78 is 0. The van der Waals surface area contributed by atoms with E-state index in [4.69, 9.17) is 0 Å². The molecule has 0 saturated heterocycles. The van der Waals surface area contributed by atoms with Gasteiger partial charge in [-0.3, -0.25) is 0 Å². The molecule has 0 spiro atoms. The molecule has 0 N–H and O–H groups in total. The Morgan fingerprint density at radius 2 is 1.82 bits per heavy atom. The summed E-state index contributed by atoms with van der Waals surface area (Å²) in [6.07, 6.45) is 7.29. The van der Waals surface area contributed by atoms with Gasteiger partial charge >= 0.3 is 0 Å². The molecule has 17 heavy (non-hydrogen) atoms. The first-order valence-electron chi connectivity index (χ1n) is 5.98. The largest absolute Gasteiger partial charge is 0.155 e. The van der Waals surface area contributed by atoms with Crippen molar-refractivity contribution >= 4 is 12.2 Å². The molecule has 0 aliphatic carbocycles. The summed E-state index contributed by atoms with van der Waals surface area (Å²) in [5.74, 6) is 0.382. The minimum absolute atomic E-state index is 0.382. The van der Waals surface area contributed by atoms with Gasteiger partial charge in [0.05, 0.1) is 11.4 Å². The van der Waals surface area contributed by atoms with Gasteiger partial charge in [0.1, 0.15) is 0 Å². The summed E-state index contributed by atoms with van der Waals surface area (Å²) >= 11 is 0. The maximum atomic E-state index is 4.14. The Morgan fingerprint density at radius 1 is 1.18 bits per heavy atom. The van der Waals surface area contributed by atoms with Crippen LogP contribution in [0.2, 0.25) is 0 Å². The van der Waals surface area contributed by atoms with E-state index in [9.17, 15) is 0 Å². The monoisotopic (exact) mass is 230 g/mol. The molecule has 92 valence electrons. The van der Waals surface area contributed by atoms with Gasteiger partial charge in [-0.25, -0.2) is 0 Å². The summed E-state index contributed by atoms with van der Waals surface area (Å²) in [6, 6.07) is 2.04. The van der Waals surface area contributed by atoms with Crippen LogP contribution in [0.15, 0.2) is 31.4 Å². The molecule has 0 amide bonds. The summed E-state index contributed by atoms with van der Waals surface area (Å²) in [5.41, 5.74) is 2.82. The third-order valence-electron chi connectivity index (χ3n) is 2.07. The zero-order valence-electron chi connectivity index (χ0n) is 11.3. The molecule has 0 aliphatic rings. The fraction of sp³-hybridized carbons (Fsp3) is 0.333. The van der Waals surface area contributed by atoms with Crippen LogP contribution in [-0.2, 0) is 0 Å². The quantitative estimate of drug-likeness (QED) is 0.713. The summed E-state index contributed by atoms with van der Waals surface area (Å²) in [7, 11) is 0. The lowest BCUT2D eigenvalue weighted by Gasteiger charge is -2.06. The van der Waals surface area contributed by atoms with E-state index in [0.717, 1.165) is 17.0 Å². The first-order valence-corrected chi connectivity index (χ1v) is 5.98. The van der Waals surface area contributed by atoms with Crippen LogP contribution in [-0.4, -0.2) is 10.2 Å². The predicted octanol–water partition coefficient (Wildman–Crippen LogP) is 4.47. The molecule has 2 nitrogen and oxygen atoms in total. The van der Waals surface area contributed by atoms with E-state index < -0.39 is 0 Å². The fourth-order valence-corrected chi connectivity index (χ4v) is 1.18. The lowest BCUT2D eigenvalue weighted by molar-refractivity contribution is 0.782. The average Bonchev–Trinajstić information content (AvgIpc) is 2.38. The average molecular weight is 230 g/mol. The second kappa shape index (κ2) is 8.45. The van der Waals surface area contributed by atoms with Crippen LogP contribution in [0, 0.1) is 0 Å². The highest BCUT2D eigenvalue weighted by molar-refractivity contribution is 5.62. The molecule has 0 atom stereocenters. The maximum absolute atomic E-state index is 4.14. The van der Waals surface area contributed by atoms with Crippen LogP contribution in [0.5, 0.6) is 0 Å². The third-order valence-corrected chi connectivity index (χ3v) is 2.07. The van der Waals surface area contributed by atoms with Gasteiger partial charge in [0, 0.05) is 5.56 Å². The first-order chi connectivity index (χ1) is 8.19. The van der Waals surface area contributed by atoms with E-state index >= 15 is 0 Å². The van der Waals surface area contributed by atoms with Crippen LogP contribution in [0.1, 0.15) is 50.6 Å². The molecule has 0 aromatic carbocycles. The molecule has 1 heterocycles. The van der Waals surface area contributed by atoms with Crippen molar-refractivity contribution < 1.29 is 0 Å². The van der Waals surface area contributed by atoms with Gasteiger partial charge in [-0.05, 0) is 18.1 Å². The molecule has 0 aliphatic heterocycles. The van der Waals surface area contributed by atoms with Gasteiger partial charge in [0.2, 0.25) is 0 Å². The van der Waals surface area contributed by atoms with Gasteiger partial charge < -0.3 is 0 Å². The molecule has 1 rings (SSSR count). The summed E-state index contributed by atoms with van der Waals surface area (Å²) in [6.45, 7) is 15.5. The Hall–Kier alpha value is -1.70. The van der Waals surface area contributed by atoms with E-state index in [-0.39, 0.29) is 0 Å². The van der Waals surface area contributed by atoms with E-state index in [1.54, 1.807) is 12.2 Å². The SMILES string of the molecule is C=C/C=C\c1cc(C(C)C)nnc1C=C.CC. The lowest BCUT2D eigenvalue weighted by atomic mass is 10.1. The van der Waals surface area contributed by atoms with E-state index in [0.29, 0.717) is 5.92 Å². The van der Waals surface area contributed by atoms with Crippen molar-refractivity contribution in [2.75, 3.05) is 0 Å². The van der Waals surface area contributed by atoms with Crippen molar-refractivity contribution in [1.29, 1.82) is 0 Å². The topological polar surface area (TPSA) is 25.8 Å². The van der Waals surface area contributed by atoms with Crippen LogP contribution >= 0.6 is 0 Å². The van der Waals surface area contributed by atoms with Gasteiger partial charge in [-0.2, -0.15) is 10.2 Å².